The highest BCUT2D eigenvalue weighted by Crippen LogP contribution is 2.34. The van der Waals surface area contributed by atoms with E-state index in [0.29, 0.717) is 0 Å². The van der Waals surface area contributed by atoms with Crippen molar-refractivity contribution in [1.82, 2.24) is 0 Å². The zero-order chi connectivity index (χ0) is 18.9. The third-order valence-corrected chi connectivity index (χ3v) is 5.30. The largest absolute Gasteiger partial charge is 0.394 e. The monoisotopic (exact) mass is 366 g/mol. The van der Waals surface area contributed by atoms with Crippen LogP contribution in [0.15, 0.2) is 24.3 Å². The molecule has 0 saturated carbocycles. The highest BCUT2D eigenvalue weighted by atomic mass is 16.5. The molecule has 0 bridgehead atoms. The van der Waals surface area contributed by atoms with Crippen molar-refractivity contribution in [3.05, 3.63) is 35.4 Å². The minimum Gasteiger partial charge on any atom is -0.394 e. The molecule has 1 aliphatic rings. The summed E-state index contributed by atoms with van der Waals surface area (Å²) < 4.78 is 5.72. The van der Waals surface area contributed by atoms with Gasteiger partial charge in [-0.25, -0.2) is 0 Å². The number of aliphatic hydroxyl groups is 4. The molecule has 0 radical (unpaired) electrons. The molecule has 0 spiro atoms. The van der Waals surface area contributed by atoms with Crippen molar-refractivity contribution in [1.29, 1.82) is 0 Å². The lowest BCUT2D eigenvalue weighted by atomic mass is 9.88. The summed E-state index contributed by atoms with van der Waals surface area (Å²) in [5, 5.41) is 39.8. The second-order valence-electron chi connectivity index (χ2n) is 7.32. The van der Waals surface area contributed by atoms with Gasteiger partial charge in [0.15, 0.2) is 0 Å². The topological polar surface area (TPSA) is 90.2 Å². The summed E-state index contributed by atoms with van der Waals surface area (Å²) in [6.07, 6.45) is 4.03. The van der Waals surface area contributed by atoms with E-state index in [1.54, 1.807) is 0 Å². The Hall–Kier alpha value is -0.980. The lowest BCUT2D eigenvalue weighted by Gasteiger charge is -2.40. The van der Waals surface area contributed by atoms with Gasteiger partial charge in [0.2, 0.25) is 0 Å². The van der Waals surface area contributed by atoms with E-state index in [-0.39, 0.29) is 0 Å². The Morgan fingerprint density at radius 1 is 0.846 bits per heavy atom. The molecule has 0 amide bonds. The summed E-state index contributed by atoms with van der Waals surface area (Å²) >= 11 is 0. The van der Waals surface area contributed by atoms with Crippen LogP contribution in [-0.2, 0) is 11.2 Å². The first-order chi connectivity index (χ1) is 12.6. The van der Waals surface area contributed by atoms with Crippen LogP contribution >= 0.6 is 0 Å². The zero-order valence-corrected chi connectivity index (χ0v) is 15.8. The van der Waals surface area contributed by atoms with Gasteiger partial charge in [-0.1, -0.05) is 69.7 Å². The van der Waals surface area contributed by atoms with Gasteiger partial charge in [-0.2, -0.15) is 0 Å². The summed E-state index contributed by atoms with van der Waals surface area (Å²) in [5.74, 6) is 0. The van der Waals surface area contributed by atoms with Gasteiger partial charge < -0.3 is 25.2 Å². The molecule has 0 aromatic heterocycles. The number of hydrogen-bond acceptors (Lipinski definition) is 5. The van der Waals surface area contributed by atoms with Crippen LogP contribution in [0, 0.1) is 0 Å². The molecule has 0 aliphatic carbocycles. The van der Waals surface area contributed by atoms with Crippen molar-refractivity contribution in [2.75, 3.05) is 6.61 Å². The van der Waals surface area contributed by atoms with E-state index in [1.807, 2.05) is 24.3 Å². The maximum absolute atomic E-state index is 10.4. The van der Waals surface area contributed by atoms with E-state index in [0.717, 1.165) is 24.0 Å². The number of benzene rings is 1. The maximum Gasteiger partial charge on any atom is 0.113 e. The Bertz CT molecular complexity index is 519. The molecule has 148 valence electrons. The Morgan fingerprint density at radius 2 is 1.50 bits per heavy atom. The summed E-state index contributed by atoms with van der Waals surface area (Å²) in [7, 11) is 0. The van der Waals surface area contributed by atoms with E-state index in [1.165, 1.54) is 38.5 Å². The minimum absolute atomic E-state index is 0.401. The average molecular weight is 366 g/mol. The Morgan fingerprint density at radius 3 is 2.19 bits per heavy atom. The van der Waals surface area contributed by atoms with Crippen LogP contribution < -0.4 is 0 Å². The summed E-state index contributed by atoms with van der Waals surface area (Å²) in [6.45, 7) is 1.82. The lowest BCUT2D eigenvalue weighted by molar-refractivity contribution is -0.231. The highest BCUT2D eigenvalue weighted by Gasteiger charge is 2.44. The molecule has 1 aromatic rings. The zero-order valence-electron chi connectivity index (χ0n) is 15.8. The predicted octanol–water partition coefficient (Wildman–Crippen LogP) is 2.49. The van der Waals surface area contributed by atoms with Crippen LogP contribution in [-0.4, -0.2) is 51.4 Å². The van der Waals surface area contributed by atoms with Gasteiger partial charge in [0.1, 0.15) is 30.5 Å². The van der Waals surface area contributed by atoms with Crippen LogP contribution in [0.3, 0.4) is 0 Å². The van der Waals surface area contributed by atoms with E-state index >= 15 is 0 Å². The van der Waals surface area contributed by atoms with Crippen LogP contribution in [0.2, 0.25) is 0 Å². The molecule has 1 aliphatic heterocycles. The number of rotatable bonds is 10. The number of aryl methyl sites for hydroxylation is 1. The third-order valence-electron chi connectivity index (χ3n) is 5.30. The quantitative estimate of drug-likeness (QED) is 0.478. The van der Waals surface area contributed by atoms with E-state index in [2.05, 4.69) is 6.92 Å². The molecular weight excluding hydrogens is 332 g/mol. The van der Waals surface area contributed by atoms with Crippen molar-refractivity contribution in [3.63, 3.8) is 0 Å². The molecule has 5 heteroatoms. The normalized spacial score (nSPS) is 29.0. The Labute approximate surface area is 156 Å². The molecule has 1 aromatic carbocycles. The molecule has 1 saturated heterocycles. The third kappa shape index (κ3) is 5.51. The van der Waals surface area contributed by atoms with Gasteiger partial charge in [-0.3, -0.25) is 0 Å². The van der Waals surface area contributed by atoms with Crippen LogP contribution in [0.5, 0.6) is 0 Å². The molecule has 5 atom stereocenters. The molecule has 1 fully saturated rings. The second kappa shape index (κ2) is 11.0. The molecular formula is C21H34O5. The predicted molar refractivity (Wildman–Crippen MR) is 101 cm³/mol. The fourth-order valence-electron chi connectivity index (χ4n) is 3.67. The molecule has 2 rings (SSSR count). The summed E-state index contributed by atoms with van der Waals surface area (Å²) in [6, 6.07) is 7.76. The SMILES string of the molecule is CCCCCCCCCc1ccccc1C1O[C@H](CO)[C@@H](O)[C@H](O)[C@H]1O. The fourth-order valence-corrected chi connectivity index (χ4v) is 3.67. The first-order valence-electron chi connectivity index (χ1n) is 9.98. The smallest absolute Gasteiger partial charge is 0.113 e. The molecule has 1 heterocycles. The number of ether oxygens (including phenoxy) is 1. The van der Waals surface area contributed by atoms with Crippen molar-refractivity contribution in [2.45, 2.75) is 88.8 Å². The average Bonchev–Trinajstić information content (AvgIpc) is 2.66. The van der Waals surface area contributed by atoms with Crippen LogP contribution in [0.4, 0.5) is 0 Å². The number of aliphatic hydroxyl groups excluding tert-OH is 4. The second-order valence-corrected chi connectivity index (χ2v) is 7.32. The molecule has 1 unspecified atom stereocenters. The van der Waals surface area contributed by atoms with Gasteiger partial charge in [0, 0.05) is 0 Å². The minimum atomic E-state index is -1.34. The molecule has 5 nitrogen and oxygen atoms in total. The van der Waals surface area contributed by atoms with Crippen molar-refractivity contribution in [3.8, 4) is 0 Å². The van der Waals surface area contributed by atoms with Crippen molar-refractivity contribution < 1.29 is 25.2 Å². The fraction of sp³-hybridized carbons (Fsp3) is 0.714. The first-order valence-corrected chi connectivity index (χ1v) is 9.98. The van der Waals surface area contributed by atoms with Crippen molar-refractivity contribution in [2.24, 2.45) is 0 Å². The first kappa shape index (κ1) is 21.3. The Balaban J connectivity index is 1.97. The highest BCUT2D eigenvalue weighted by molar-refractivity contribution is 5.31. The van der Waals surface area contributed by atoms with Gasteiger partial charge in [0.25, 0.3) is 0 Å². The van der Waals surface area contributed by atoms with Gasteiger partial charge in [-0.15, -0.1) is 0 Å². The summed E-state index contributed by atoms with van der Waals surface area (Å²) in [4.78, 5) is 0. The van der Waals surface area contributed by atoms with Gasteiger partial charge in [0.05, 0.1) is 6.61 Å². The van der Waals surface area contributed by atoms with E-state index in [4.69, 9.17) is 4.74 Å². The number of hydrogen-bond donors (Lipinski definition) is 4. The lowest BCUT2D eigenvalue weighted by Crippen LogP contribution is -2.55. The van der Waals surface area contributed by atoms with Crippen molar-refractivity contribution >= 4 is 0 Å². The van der Waals surface area contributed by atoms with E-state index < -0.39 is 37.1 Å². The summed E-state index contributed by atoms with van der Waals surface area (Å²) in [5.41, 5.74) is 1.92. The van der Waals surface area contributed by atoms with E-state index in [9.17, 15) is 20.4 Å². The van der Waals surface area contributed by atoms with Gasteiger partial charge >= 0.3 is 0 Å². The van der Waals surface area contributed by atoms with Crippen LogP contribution in [0.1, 0.15) is 69.1 Å². The number of unbranched alkanes of at least 4 members (excludes halogenated alkanes) is 6. The van der Waals surface area contributed by atoms with Gasteiger partial charge in [-0.05, 0) is 24.0 Å². The van der Waals surface area contributed by atoms with Crippen LogP contribution in [0.25, 0.3) is 0 Å². The molecule has 4 N–H and O–H groups in total. The maximum atomic E-state index is 10.4. The standard InChI is InChI=1S/C21H34O5/c1-2-3-4-5-6-7-8-11-15-12-9-10-13-16(15)21-20(25)19(24)18(23)17(14-22)26-21/h9-10,12-13,17-25H,2-8,11,14H2,1H3/t17-,18-,19+,20-,21?/m1/s1. The Kier molecular flexibility index (Phi) is 9.02. The molecule has 26 heavy (non-hydrogen) atoms.